The summed E-state index contributed by atoms with van der Waals surface area (Å²) < 4.78 is 8.01. The molecule has 1 fully saturated rings. The van der Waals surface area contributed by atoms with Crippen LogP contribution in [0, 0.1) is 0 Å². The molecule has 0 amide bonds. The van der Waals surface area contributed by atoms with Crippen molar-refractivity contribution in [2.45, 2.75) is 30.2 Å². The van der Waals surface area contributed by atoms with Crippen LogP contribution in [-0.2, 0) is 0 Å². The van der Waals surface area contributed by atoms with Gasteiger partial charge in [-0.2, -0.15) is 0 Å². The van der Waals surface area contributed by atoms with E-state index in [1.165, 1.54) is 11.8 Å². The largest absolute Gasteiger partial charge is 0.419 e. The highest BCUT2D eigenvalue weighted by molar-refractivity contribution is 7.99. The Hall–Kier alpha value is -2.84. The van der Waals surface area contributed by atoms with Crippen molar-refractivity contribution in [2.75, 3.05) is 18.0 Å². The molecule has 0 radical (unpaired) electrons. The van der Waals surface area contributed by atoms with E-state index in [0.29, 0.717) is 16.8 Å². The molecule has 2 aromatic heterocycles. The summed E-state index contributed by atoms with van der Waals surface area (Å²) in [7, 11) is 0. The van der Waals surface area contributed by atoms with Gasteiger partial charge in [0.05, 0.1) is 10.9 Å². The van der Waals surface area contributed by atoms with E-state index in [0.717, 1.165) is 48.3 Å². The Morgan fingerprint density at radius 2 is 1.77 bits per heavy atom. The molecule has 7 nitrogen and oxygen atoms in total. The molecule has 0 bridgehead atoms. The highest BCUT2D eigenvalue weighted by atomic mass is 35.5. The Morgan fingerprint density at radius 3 is 2.55 bits per heavy atom. The lowest BCUT2D eigenvalue weighted by molar-refractivity contribution is 0.509. The van der Waals surface area contributed by atoms with E-state index in [-0.39, 0.29) is 5.25 Å². The third-order valence-electron chi connectivity index (χ3n) is 5.16. The number of hydrogen-bond acceptors (Lipinski definition) is 7. The van der Waals surface area contributed by atoms with Gasteiger partial charge in [0.2, 0.25) is 17.7 Å². The quantitative estimate of drug-likeness (QED) is 0.361. The van der Waals surface area contributed by atoms with Crippen molar-refractivity contribution < 1.29 is 4.42 Å². The minimum Gasteiger partial charge on any atom is -0.419 e. The Morgan fingerprint density at radius 1 is 0.968 bits per heavy atom. The highest BCUT2D eigenvalue weighted by Gasteiger charge is 2.25. The van der Waals surface area contributed by atoms with E-state index < -0.39 is 0 Å². The fourth-order valence-corrected chi connectivity index (χ4v) is 4.68. The Labute approximate surface area is 189 Å². The zero-order valence-corrected chi connectivity index (χ0v) is 18.6. The van der Waals surface area contributed by atoms with Gasteiger partial charge in [-0.15, -0.1) is 20.4 Å². The molecule has 31 heavy (non-hydrogen) atoms. The number of aromatic nitrogens is 5. The van der Waals surface area contributed by atoms with Crippen LogP contribution >= 0.6 is 23.4 Å². The molecule has 0 aliphatic carbocycles. The van der Waals surface area contributed by atoms with Crippen molar-refractivity contribution in [1.29, 1.82) is 0 Å². The van der Waals surface area contributed by atoms with Crippen LogP contribution in [0.1, 0.15) is 30.9 Å². The molecule has 1 atom stereocenters. The van der Waals surface area contributed by atoms with Crippen LogP contribution in [0.15, 0.2) is 64.2 Å². The Bertz CT molecular complexity index is 1170. The highest BCUT2D eigenvalue weighted by Crippen LogP contribution is 2.37. The van der Waals surface area contributed by atoms with Gasteiger partial charge in [0, 0.05) is 23.7 Å². The number of halogens is 1. The zero-order chi connectivity index (χ0) is 21.2. The molecule has 2 aromatic carbocycles. The normalized spacial score (nSPS) is 14.8. The standard InChI is InChI=1S/C22H21ClN6OS/c1-15(19-24-25-20(30-19)16-8-3-2-4-9-16)31-22-27-26-21(28-12-5-6-13-28)29(22)18-11-7-10-17(23)14-18/h2-4,7-11,14-15H,5-6,12-13H2,1H3/t15-/m1/s1. The van der Waals surface area contributed by atoms with Crippen LogP contribution in [0.5, 0.6) is 0 Å². The van der Waals surface area contributed by atoms with E-state index >= 15 is 0 Å². The second-order valence-corrected chi connectivity index (χ2v) is 9.11. The van der Waals surface area contributed by atoms with Crippen LogP contribution in [0.4, 0.5) is 5.95 Å². The predicted octanol–water partition coefficient (Wildman–Crippen LogP) is 5.42. The number of rotatable bonds is 6. The van der Waals surface area contributed by atoms with E-state index in [1.54, 1.807) is 0 Å². The van der Waals surface area contributed by atoms with Crippen LogP contribution in [-0.4, -0.2) is 38.1 Å². The van der Waals surface area contributed by atoms with E-state index in [1.807, 2.05) is 61.5 Å². The van der Waals surface area contributed by atoms with Crippen LogP contribution in [0.3, 0.4) is 0 Å². The monoisotopic (exact) mass is 452 g/mol. The molecule has 1 aliphatic heterocycles. The van der Waals surface area contributed by atoms with Crippen LogP contribution in [0.25, 0.3) is 17.1 Å². The fraction of sp³-hybridized carbons (Fsp3) is 0.273. The van der Waals surface area contributed by atoms with E-state index in [2.05, 4.69) is 29.9 Å². The predicted molar refractivity (Wildman–Crippen MR) is 122 cm³/mol. The lowest BCUT2D eigenvalue weighted by Crippen LogP contribution is -2.22. The number of benzene rings is 2. The van der Waals surface area contributed by atoms with Gasteiger partial charge in [-0.25, -0.2) is 0 Å². The molecular formula is C22H21ClN6OS. The molecule has 5 rings (SSSR count). The number of hydrogen-bond donors (Lipinski definition) is 0. The lowest BCUT2D eigenvalue weighted by atomic mass is 10.2. The number of nitrogens with zero attached hydrogens (tertiary/aromatic N) is 6. The van der Waals surface area contributed by atoms with Crippen LogP contribution in [0.2, 0.25) is 5.02 Å². The topological polar surface area (TPSA) is 72.9 Å². The van der Waals surface area contributed by atoms with Gasteiger partial charge in [-0.3, -0.25) is 4.57 Å². The van der Waals surface area contributed by atoms with Crippen LogP contribution < -0.4 is 4.90 Å². The molecular weight excluding hydrogens is 432 g/mol. The van der Waals surface area contributed by atoms with Crippen molar-refractivity contribution >= 4 is 29.3 Å². The lowest BCUT2D eigenvalue weighted by Gasteiger charge is -2.19. The number of thioether (sulfide) groups is 1. The first-order valence-corrected chi connectivity index (χ1v) is 11.5. The summed E-state index contributed by atoms with van der Waals surface area (Å²) in [5, 5.41) is 18.8. The van der Waals surface area contributed by atoms with Crippen molar-refractivity contribution in [3.63, 3.8) is 0 Å². The maximum absolute atomic E-state index is 6.28. The molecule has 3 heterocycles. The molecule has 0 unspecified atom stereocenters. The molecule has 0 spiro atoms. The molecule has 1 saturated heterocycles. The summed E-state index contributed by atoms with van der Waals surface area (Å²) in [6.45, 7) is 3.98. The maximum Gasteiger partial charge on any atom is 0.247 e. The molecule has 1 aliphatic rings. The third-order valence-corrected chi connectivity index (χ3v) is 6.43. The summed E-state index contributed by atoms with van der Waals surface area (Å²) in [6.07, 6.45) is 2.32. The first-order chi connectivity index (χ1) is 15.2. The van der Waals surface area contributed by atoms with Gasteiger partial charge in [0.25, 0.3) is 0 Å². The van der Waals surface area contributed by atoms with Gasteiger partial charge in [-0.1, -0.05) is 47.6 Å². The summed E-state index contributed by atoms with van der Waals surface area (Å²) in [5.74, 6) is 1.90. The van der Waals surface area contributed by atoms with E-state index in [4.69, 9.17) is 16.0 Å². The minimum atomic E-state index is -0.0986. The third kappa shape index (κ3) is 4.18. The van der Waals surface area contributed by atoms with Gasteiger partial charge in [0.15, 0.2) is 5.16 Å². The minimum absolute atomic E-state index is 0.0986. The van der Waals surface area contributed by atoms with Crippen molar-refractivity contribution in [3.05, 3.63) is 65.5 Å². The van der Waals surface area contributed by atoms with Gasteiger partial charge in [0.1, 0.15) is 0 Å². The van der Waals surface area contributed by atoms with Gasteiger partial charge in [-0.05, 0) is 50.1 Å². The molecule has 4 aromatic rings. The van der Waals surface area contributed by atoms with Gasteiger partial charge >= 0.3 is 0 Å². The van der Waals surface area contributed by atoms with Gasteiger partial charge < -0.3 is 9.32 Å². The molecule has 0 N–H and O–H groups in total. The molecule has 158 valence electrons. The number of anilines is 1. The zero-order valence-electron chi connectivity index (χ0n) is 17.0. The second-order valence-electron chi connectivity index (χ2n) is 7.36. The smallest absolute Gasteiger partial charge is 0.247 e. The first-order valence-electron chi connectivity index (χ1n) is 10.2. The first kappa shape index (κ1) is 20.1. The summed E-state index contributed by atoms with van der Waals surface area (Å²) in [4.78, 5) is 2.27. The molecule has 9 heteroatoms. The Kier molecular flexibility index (Phi) is 5.65. The van der Waals surface area contributed by atoms with Crippen molar-refractivity contribution in [2.24, 2.45) is 0 Å². The summed E-state index contributed by atoms with van der Waals surface area (Å²) in [6, 6.07) is 17.5. The van der Waals surface area contributed by atoms with E-state index in [9.17, 15) is 0 Å². The summed E-state index contributed by atoms with van der Waals surface area (Å²) >= 11 is 7.82. The molecule has 0 saturated carbocycles. The fourth-order valence-electron chi connectivity index (χ4n) is 3.61. The SMILES string of the molecule is C[C@@H](Sc1nnc(N2CCCC2)n1-c1cccc(Cl)c1)c1nnc(-c2ccccc2)o1. The average Bonchev–Trinajstić information content (AvgIpc) is 3.54. The maximum atomic E-state index is 6.28. The van der Waals surface area contributed by atoms with Crippen molar-refractivity contribution in [1.82, 2.24) is 25.0 Å². The average molecular weight is 453 g/mol. The summed E-state index contributed by atoms with van der Waals surface area (Å²) in [5.41, 5.74) is 1.83. The second kappa shape index (κ2) is 8.72. The van der Waals surface area contributed by atoms with Crippen molar-refractivity contribution in [3.8, 4) is 17.1 Å². The Balaban J connectivity index is 1.46.